The van der Waals surface area contributed by atoms with Crippen molar-refractivity contribution in [3.05, 3.63) is 35.4 Å². The van der Waals surface area contributed by atoms with Gasteiger partial charge in [0.15, 0.2) is 0 Å². The fourth-order valence-corrected chi connectivity index (χ4v) is 1.36. The van der Waals surface area contributed by atoms with Crippen molar-refractivity contribution in [2.75, 3.05) is 26.9 Å². The standard InChI is InChI=1S/C12H16F2O3/c1-16-6-7-17-5-4-12(15)10-8-9(13)2-3-11(10)14/h2-3,8,12,15H,4-7H2,1H3. The lowest BCUT2D eigenvalue weighted by Crippen LogP contribution is -2.08. The number of aliphatic hydroxyl groups excluding tert-OH is 1. The molecule has 3 nitrogen and oxygen atoms in total. The van der Waals surface area contributed by atoms with Gasteiger partial charge in [-0.2, -0.15) is 0 Å². The summed E-state index contributed by atoms with van der Waals surface area (Å²) in [5.41, 5.74) is -0.0414. The zero-order chi connectivity index (χ0) is 12.7. The summed E-state index contributed by atoms with van der Waals surface area (Å²) in [6, 6.07) is 3.01. The van der Waals surface area contributed by atoms with Crippen molar-refractivity contribution in [2.45, 2.75) is 12.5 Å². The number of aliphatic hydroxyl groups is 1. The largest absolute Gasteiger partial charge is 0.388 e. The van der Waals surface area contributed by atoms with E-state index in [1.165, 1.54) is 0 Å². The first kappa shape index (κ1) is 14.0. The second kappa shape index (κ2) is 7.32. The van der Waals surface area contributed by atoms with Gasteiger partial charge >= 0.3 is 0 Å². The Morgan fingerprint density at radius 1 is 1.24 bits per heavy atom. The van der Waals surface area contributed by atoms with Crippen LogP contribution in [-0.4, -0.2) is 32.0 Å². The van der Waals surface area contributed by atoms with Crippen molar-refractivity contribution in [1.82, 2.24) is 0 Å². The second-order valence-corrected chi connectivity index (χ2v) is 3.58. The second-order valence-electron chi connectivity index (χ2n) is 3.58. The van der Waals surface area contributed by atoms with E-state index in [2.05, 4.69) is 0 Å². The Morgan fingerprint density at radius 3 is 2.71 bits per heavy atom. The minimum Gasteiger partial charge on any atom is -0.388 e. The Kier molecular flexibility index (Phi) is 6.04. The quantitative estimate of drug-likeness (QED) is 0.748. The van der Waals surface area contributed by atoms with Crippen molar-refractivity contribution >= 4 is 0 Å². The van der Waals surface area contributed by atoms with E-state index in [0.29, 0.717) is 13.2 Å². The van der Waals surface area contributed by atoms with Gasteiger partial charge < -0.3 is 14.6 Å². The molecule has 0 saturated heterocycles. The van der Waals surface area contributed by atoms with Gasteiger partial charge in [0.25, 0.3) is 0 Å². The molecule has 0 radical (unpaired) electrons. The Balaban J connectivity index is 2.41. The van der Waals surface area contributed by atoms with Crippen LogP contribution < -0.4 is 0 Å². The van der Waals surface area contributed by atoms with Gasteiger partial charge in [-0.1, -0.05) is 0 Å². The number of rotatable bonds is 7. The predicted molar refractivity (Wildman–Crippen MR) is 58.6 cm³/mol. The van der Waals surface area contributed by atoms with Gasteiger partial charge in [-0.15, -0.1) is 0 Å². The molecule has 96 valence electrons. The summed E-state index contributed by atoms with van der Waals surface area (Å²) >= 11 is 0. The van der Waals surface area contributed by atoms with Crippen molar-refractivity contribution in [3.8, 4) is 0 Å². The van der Waals surface area contributed by atoms with Crippen LogP contribution in [0.15, 0.2) is 18.2 Å². The molecular weight excluding hydrogens is 230 g/mol. The van der Waals surface area contributed by atoms with Crippen LogP contribution in [0.3, 0.4) is 0 Å². The Bertz CT molecular complexity index is 345. The molecule has 0 saturated carbocycles. The first-order valence-corrected chi connectivity index (χ1v) is 5.35. The highest BCUT2D eigenvalue weighted by Crippen LogP contribution is 2.20. The first-order chi connectivity index (χ1) is 8.15. The van der Waals surface area contributed by atoms with Crippen molar-refractivity contribution < 1.29 is 23.4 Å². The maximum absolute atomic E-state index is 13.3. The Hall–Kier alpha value is -1.04. The molecule has 17 heavy (non-hydrogen) atoms. The van der Waals surface area contributed by atoms with Gasteiger partial charge in [0.05, 0.1) is 19.3 Å². The highest BCUT2D eigenvalue weighted by atomic mass is 19.1. The van der Waals surface area contributed by atoms with Gasteiger partial charge in [0, 0.05) is 25.7 Å². The summed E-state index contributed by atoms with van der Waals surface area (Å²) in [6.45, 7) is 1.14. The smallest absolute Gasteiger partial charge is 0.129 e. The lowest BCUT2D eigenvalue weighted by molar-refractivity contribution is 0.0468. The third kappa shape index (κ3) is 4.77. The molecule has 1 atom stereocenters. The zero-order valence-electron chi connectivity index (χ0n) is 9.66. The molecule has 1 N–H and O–H groups in total. The fourth-order valence-electron chi connectivity index (χ4n) is 1.36. The van der Waals surface area contributed by atoms with E-state index in [9.17, 15) is 13.9 Å². The molecule has 0 aliphatic rings. The summed E-state index contributed by atoms with van der Waals surface area (Å²) in [5, 5.41) is 9.66. The summed E-state index contributed by atoms with van der Waals surface area (Å²) in [5.74, 6) is -1.18. The van der Waals surface area contributed by atoms with Gasteiger partial charge in [-0.05, 0) is 18.2 Å². The minimum absolute atomic E-state index is 0.0414. The average Bonchev–Trinajstić information content (AvgIpc) is 2.32. The number of hydrogen-bond acceptors (Lipinski definition) is 3. The maximum atomic E-state index is 13.3. The molecule has 0 aliphatic heterocycles. The molecule has 1 aromatic rings. The number of methoxy groups -OCH3 is 1. The summed E-state index contributed by atoms with van der Waals surface area (Å²) in [7, 11) is 1.56. The van der Waals surface area contributed by atoms with Crippen molar-refractivity contribution in [3.63, 3.8) is 0 Å². The van der Waals surface area contributed by atoms with E-state index in [-0.39, 0.29) is 18.6 Å². The van der Waals surface area contributed by atoms with Gasteiger partial charge in [0.2, 0.25) is 0 Å². The van der Waals surface area contributed by atoms with Crippen LogP contribution in [0.1, 0.15) is 18.1 Å². The summed E-state index contributed by atoms with van der Waals surface area (Å²) in [6.07, 6.45) is -0.849. The topological polar surface area (TPSA) is 38.7 Å². The minimum atomic E-state index is -1.06. The van der Waals surface area contributed by atoms with E-state index >= 15 is 0 Å². The molecule has 1 rings (SSSR count). The molecule has 0 amide bonds. The van der Waals surface area contributed by atoms with Crippen LogP contribution >= 0.6 is 0 Å². The third-order valence-corrected chi connectivity index (χ3v) is 2.28. The van der Waals surface area contributed by atoms with E-state index in [1.54, 1.807) is 7.11 Å². The number of halogens is 2. The molecular formula is C12H16F2O3. The van der Waals surface area contributed by atoms with E-state index in [4.69, 9.17) is 9.47 Å². The zero-order valence-corrected chi connectivity index (χ0v) is 9.66. The molecule has 5 heteroatoms. The van der Waals surface area contributed by atoms with Crippen LogP contribution in [-0.2, 0) is 9.47 Å². The van der Waals surface area contributed by atoms with Crippen LogP contribution in [0.25, 0.3) is 0 Å². The molecule has 0 heterocycles. The van der Waals surface area contributed by atoms with E-state index < -0.39 is 17.7 Å². The number of ether oxygens (including phenoxy) is 2. The van der Waals surface area contributed by atoms with E-state index in [1.807, 2.05) is 0 Å². The Morgan fingerprint density at radius 2 is 2.00 bits per heavy atom. The lowest BCUT2D eigenvalue weighted by atomic mass is 10.1. The molecule has 1 aromatic carbocycles. The average molecular weight is 246 g/mol. The molecule has 0 spiro atoms. The van der Waals surface area contributed by atoms with Crippen molar-refractivity contribution in [2.24, 2.45) is 0 Å². The van der Waals surface area contributed by atoms with Crippen LogP contribution in [0, 0.1) is 11.6 Å². The predicted octanol–water partition coefficient (Wildman–Crippen LogP) is 2.05. The molecule has 1 unspecified atom stereocenters. The van der Waals surface area contributed by atoms with Crippen LogP contribution in [0.2, 0.25) is 0 Å². The third-order valence-electron chi connectivity index (χ3n) is 2.28. The monoisotopic (exact) mass is 246 g/mol. The number of hydrogen-bond donors (Lipinski definition) is 1. The normalized spacial score (nSPS) is 12.7. The number of benzene rings is 1. The first-order valence-electron chi connectivity index (χ1n) is 5.35. The van der Waals surface area contributed by atoms with Crippen LogP contribution in [0.5, 0.6) is 0 Å². The van der Waals surface area contributed by atoms with Crippen LogP contribution in [0.4, 0.5) is 8.78 Å². The lowest BCUT2D eigenvalue weighted by Gasteiger charge is -2.12. The SMILES string of the molecule is COCCOCCC(O)c1cc(F)ccc1F. The summed E-state index contributed by atoms with van der Waals surface area (Å²) in [4.78, 5) is 0. The molecule has 0 aliphatic carbocycles. The maximum Gasteiger partial charge on any atom is 0.129 e. The highest BCUT2D eigenvalue weighted by molar-refractivity contribution is 5.20. The van der Waals surface area contributed by atoms with Gasteiger partial charge in [0.1, 0.15) is 11.6 Å². The van der Waals surface area contributed by atoms with E-state index in [0.717, 1.165) is 18.2 Å². The van der Waals surface area contributed by atoms with Crippen molar-refractivity contribution in [1.29, 1.82) is 0 Å². The molecule has 0 bridgehead atoms. The Labute approximate surface area is 99.0 Å². The fraction of sp³-hybridized carbons (Fsp3) is 0.500. The van der Waals surface area contributed by atoms with Gasteiger partial charge in [-0.25, -0.2) is 8.78 Å². The highest BCUT2D eigenvalue weighted by Gasteiger charge is 2.13. The molecule has 0 aromatic heterocycles. The van der Waals surface area contributed by atoms with Gasteiger partial charge in [-0.3, -0.25) is 0 Å². The summed E-state index contributed by atoms with van der Waals surface area (Å²) < 4.78 is 36.0. The molecule has 0 fully saturated rings.